The van der Waals surface area contributed by atoms with Crippen molar-refractivity contribution in [3.63, 3.8) is 0 Å². The standard InChI is InChI=1S/C25H35FN4O2/c1-6-30(20-9-7-19(27-5)8-10-20)23-13-18(26)12-21(17(23)4)24(31)28-14-22-15(2)11-16(3)29-25(22)32/h11-13,19-20,27H,6-10,14H2,1-5H3,(H,28,31)(H,29,32)/t19-,20-. The Bertz CT molecular complexity index is 1030. The average molecular weight is 443 g/mol. The van der Waals surface area contributed by atoms with Gasteiger partial charge in [-0.25, -0.2) is 4.39 Å². The third-order valence-corrected chi connectivity index (χ3v) is 6.71. The number of anilines is 1. The van der Waals surface area contributed by atoms with Crippen LogP contribution in [0.15, 0.2) is 23.0 Å². The lowest BCUT2D eigenvalue weighted by Crippen LogP contribution is -2.42. The van der Waals surface area contributed by atoms with Gasteiger partial charge >= 0.3 is 0 Å². The molecule has 7 heteroatoms. The summed E-state index contributed by atoms with van der Waals surface area (Å²) in [6, 6.07) is 5.56. The summed E-state index contributed by atoms with van der Waals surface area (Å²) in [7, 11) is 2.00. The van der Waals surface area contributed by atoms with E-state index in [4.69, 9.17) is 0 Å². The molecule has 1 aliphatic carbocycles. The lowest BCUT2D eigenvalue weighted by molar-refractivity contribution is 0.0949. The number of carbonyl (C=O) groups is 1. The maximum atomic E-state index is 14.6. The van der Waals surface area contributed by atoms with E-state index in [0.29, 0.717) is 23.2 Å². The number of benzene rings is 1. The van der Waals surface area contributed by atoms with E-state index in [1.807, 2.05) is 33.9 Å². The fourth-order valence-electron chi connectivity index (χ4n) is 4.87. The van der Waals surface area contributed by atoms with Crippen molar-refractivity contribution in [2.45, 2.75) is 72.0 Å². The minimum absolute atomic E-state index is 0.0943. The zero-order chi connectivity index (χ0) is 23.4. The van der Waals surface area contributed by atoms with Crippen LogP contribution in [0.1, 0.15) is 65.3 Å². The quantitative estimate of drug-likeness (QED) is 0.611. The number of nitrogens with zero attached hydrogens (tertiary/aromatic N) is 1. The summed E-state index contributed by atoms with van der Waals surface area (Å²) in [4.78, 5) is 30.2. The molecule has 1 fully saturated rings. The van der Waals surface area contributed by atoms with E-state index in [-0.39, 0.29) is 18.0 Å². The Morgan fingerprint density at radius 1 is 1.16 bits per heavy atom. The zero-order valence-electron chi connectivity index (χ0n) is 19.8. The topological polar surface area (TPSA) is 77.2 Å². The molecular weight excluding hydrogens is 407 g/mol. The maximum Gasteiger partial charge on any atom is 0.253 e. The summed E-state index contributed by atoms with van der Waals surface area (Å²) in [5, 5.41) is 6.16. The second-order valence-corrected chi connectivity index (χ2v) is 8.80. The number of halogens is 1. The molecule has 1 aliphatic rings. The SMILES string of the molecule is CCN(c1cc(F)cc(C(=O)NCc2c(C)cc(C)[nH]c2=O)c1C)[C@H]1CC[C@H](NC)CC1. The summed E-state index contributed by atoms with van der Waals surface area (Å²) in [6.07, 6.45) is 4.24. The van der Waals surface area contributed by atoms with Crippen molar-refractivity contribution in [1.82, 2.24) is 15.6 Å². The van der Waals surface area contributed by atoms with Crippen LogP contribution in [0.3, 0.4) is 0 Å². The Balaban J connectivity index is 1.82. The van der Waals surface area contributed by atoms with E-state index in [1.54, 1.807) is 0 Å². The molecule has 0 bridgehead atoms. The largest absolute Gasteiger partial charge is 0.369 e. The molecule has 3 rings (SSSR count). The highest BCUT2D eigenvalue weighted by molar-refractivity contribution is 5.97. The van der Waals surface area contributed by atoms with Crippen LogP contribution < -0.4 is 21.1 Å². The highest BCUT2D eigenvalue weighted by Crippen LogP contribution is 2.32. The fourth-order valence-corrected chi connectivity index (χ4v) is 4.87. The highest BCUT2D eigenvalue weighted by atomic mass is 19.1. The molecule has 1 aromatic carbocycles. The zero-order valence-corrected chi connectivity index (χ0v) is 19.8. The Morgan fingerprint density at radius 2 is 1.84 bits per heavy atom. The minimum Gasteiger partial charge on any atom is -0.369 e. The number of carbonyl (C=O) groups excluding carboxylic acids is 1. The third kappa shape index (κ3) is 5.21. The number of aromatic nitrogens is 1. The number of aryl methyl sites for hydroxylation is 2. The number of amides is 1. The van der Waals surface area contributed by atoms with Gasteiger partial charge in [0.05, 0.1) is 0 Å². The second-order valence-electron chi connectivity index (χ2n) is 8.80. The number of hydrogen-bond donors (Lipinski definition) is 3. The molecule has 1 heterocycles. The van der Waals surface area contributed by atoms with Crippen molar-refractivity contribution in [3.8, 4) is 0 Å². The molecule has 0 radical (unpaired) electrons. The van der Waals surface area contributed by atoms with Crippen LogP contribution in [-0.4, -0.2) is 36.6 Å². The van der Waals surface area contributed by atoms with Crippen molar-refractivity contribution >= 4 is 11.6 Å². The van der Waals surface area contributed by atoms with E-state index in [0.717, 1.165) is 54.7 Å². The first-order valence-electron chi connectivity index (χ1n) is 11.5. The summed E-state index contributed by atoms with van der Waals surface area (Å²) in [5.41, 5.74) is 3.73. The van der Waals surface area contributed by atoms with E-state index in [2.05, 4.69) is 27.4 Å². The number of hydrogen-bond acceptors (Lipinski definition) is 4. The van der Waals surface area contributed by atoms with Crippen molar-refractivity contribution in [2.75, 3.05) is 18.5 Å². The first kappa shape index (κ1) is 24.0. The van der Waals surface area contributed by atoms with E-state index in [9.17, 15) is 14.0 Å². The van der Waals surface area contributed by atoms with E-state index >= 15 is 0 Å². The van der Waals surface area contributed by atoms with Gasteiger partial charge in [-0.2, -0.15) is 0 Å². The molecule has 0 unspecified atom stereocenters. The van der Waals surface area contributed by atoms with Crippen molar-refractivity contribution in [2.24, 2.45) is 0 Å². The van der Waals surface area contributed by atoms with Crippen LogP contribution in [0.25, 0.3) is 0 Å². The third-order valence-electron chi connectivity index (χ3n) is 6.71. The Kier molecular flexibility index (Phi) is 7.72. The molecule has 1 amide bonds. The Morgan fingerprint density at radius 3 is 2.44 bits per heavy atom. The first-order valence-corrected chi connectivity index (χ1v) is 11.5. The maximum absolute atomic E-state index is 14.6. The minimum atomic E-state index is -0.428. The first-order chi connectivity index (χ1) is 15.2. The number of rotatable bonds is 7. The highest BCUT2D eigenvalue weighted by Gasteiger charge is 2.27. The molecule has 1 saturated carbocycles. The van der Waals surface area contributed by atoms with Gasteiger partial charge in [0.15, 0.2) is 0 Å². The van der Waals surface area contributed by atoms with Gasteiger partial charge in [-0.3, -0.25) is 9.59 Å². The molecule has 0 atom stereocenters. The lowest BCUT2D eigenvalue weighted by atomic mass is 9.89. The Labute approximate surface area is 189 Å². The van der Waals surface area contributed by atoms with Gasteiger partial charge in [-0.15, -0.1) is 0 Å². The number of aromatic amines is 1. The smallest absolute Gasteiger partial charge is 0.253 e. The van der Waals surface area contributed by atoms with Gasteiger partial charge < -0.3 is 20.5 Å². The molecular formula is C25H35FN4O2. The number of H-pyrrole nitrogens is 1. The predicted molar refractivity (Wildman–Crippen MR) is 127 cm³/mol. The molecule has 0 saturated heterocycles. The number of nitrogens with one attached hydrogen (secondary N) is 3. The molecule has 2 aromatic rings. The van der Waals surface area contributed by atoms with Crippen molar-refractivity contribution in [1.29, 1.82) is 0 Å². The number of pyridine rings is 1. The molecule has 0 spiro atoms. The predicted octanol–water partition coefficient (Wildman–Crippen LogP) is 3.73. The van der Waals surface area contributed by atoms with Gasteiger partial charge in [0.25, 0.3) is 11.5 Å². The molecule has 3 N–H and O–H groups in total. The summed E-state index contributed by atoms with van der Waals surface area (Å²) in [6.45, 7) is 8.45. The molecule has 32 heavy (non-hydrogen) atoms. The molecule has 1 aromatic heterocycles. The van der Waals surface area contributed by atoms with Gasteiger partial charge in [0.1, 0.15) is 5.82 Å². The van der Waals surface area contributed by atoms with Gasteiger partial charge in [-0.1, -0.05) is 0 Å². The van der Waals surface area contributed by atoms with Crippen LogP contribution in [0.5, 0.6) is 0 Å². The molecule has 6 nitrogen and oxygen atoms in total. The summed E-state index contributed by atoms with van der Waals surface area (Å²) in [5.74, 6) is -0.806. The Hall–Kier alpha value is -2.67. The van der Waals surface area contributed by atoms with Crippen LogP contribution in [0, 0.1) is 26.6 Å². The normalized spacial score (nSPS) is 18.4. The lowest BCUT2D eigenvalue weighted by Gasteiger charge is -2.38. The molecule has 174 valence electrons. The van der Waals surface area contributed by atoms with Crippen molar-refractivity contribution < 1.29 is 9.18 Å². The van der Waals surface area contributed by atoms with Crippen LogP contribution in [-0.2, 0) is 6.54 Å². The van der Waals surface area contributed by atoms with Crippen LogP contribution in [0.2, 0.25) is 0 Å². The van der Waals surface area contributed by atoms with Gasteiger partial charge in [-0.05, 0) is 89.8 Å². The van der Waals surface area contributed by atoms with Crippen LogP contribution >= 0.6 is 0 Å². The monoisotopic (exact) mass is 442 g/mol. The van der Waals surface area contributed by atoms with Gasteiger partial charge in [0.2, 0.25) is 0 Å². The van der Waals surface area contributed by atoms with Crippen molar-refractivity contribution in [3.05, 3.63) is 62.3 Å². The fraction of sp³-hybridized carbons (Fsp3) is 0.520. The van der Waals surface area contributed by atoms with Gasteiger partial charge in [0, 0.05) is 47.7 Å². The van der Waals surface area contributed by atoms with Crippen LogP contribution in [0.4, 0.5) is 10.1 Å². The van der Waals surface area contributed by atoms with E-state index in [1.165, 1.54) is 12.1 Å². The van der Waals surface area contributed by atoms with E-state index < -0.39 is 5.82 Å². The second kappa shape index (κ2) is 10.3. The summed E-state index contributed by atoms with van der Waals surface area (Å²) < 4.78 is 14.6. The summed E-state index contributed by atoms with van der Waals surface area (Å²) >= 11 is 0. The average Bonchev–Trinajstić information content (AvgIpc) is 2.75. The molecule has 0 aliphatic heterocycles.